The molecular formula is C18H14Br2N4O4. The van der Waals surface area contributed by atoms with E-state index in [1.165, 1.54) is 11.0 Å². The van der Waals surface area contributed by atoms with Gasteiger partial charge in [-0.1, -0.05) is 15.9 Å². The SMILES string of the molecule is CCOC(=O)c1n[nH]c2ccc(N(C(N)=O)c3ccc(Br)cc3Br)cc2c1=O. The number of carbonyl (C=O) groups excluding carboxylic acids is 2. The molecule has 8 nitrogen and oxygen atoms in total. The summed E-state index contributed by atoms with van der Waals surface area (Å²) in [6.45, 7) is 1.75. The molecule has 3 N–H and O–H groups in total. The fraction of sp³-hybridized carbons (Fsp3) is 0.111. The smallest absolute Gasteiger partial charge is 0.362 e. The molecule has 0 spiro atoms. The van der Waals surface area contributed by atoms with E-state index in [2.05, 4.69) is 42.1 Å². The highest BCUT2D eigenvalue weighted by molar-refractivity contribution is 9.11. The highest BCUT2D eigenvalue weighted by atomic mass is 79.9. The molecule has 0 radical (unpaired) electrons. The van der Waals surface area contributed by atoms with Gasteiger partial charge >= 0.3 is 12.0 Å². The summed E-state index contributed by atoms with van der Waals surface area (Å²) >= 11 is 6.76. The third kappa shape index (κ3) is 3.78. The number of halogens is 2. The van der Waals surface area contributed by atoms with Crippen LogP contribution in [0.3, 0.4) is 0 Å². The Morgan fingerprint density at radius 1 is 1.21 bits per heavy atom. The fourth-order valence-electron chi connectivity index (χ4n) is 2.64. The highest BCUT2D eigenvalue weighted by Crippen LogP contribution is 2.34. The summed E-state index contributed by atoms with van der Waals surface area (Å²) in [6.07, 6.45) is 0. The van der Waals surface area contributed by atoms with Gasteiger partial charge in [0.05, 0.1) is 28.9 Å². The molecule has 144 valence electrons. The number of benzene rings is 2. The molecule has 2 aromatic carbocycles. The minimum Gasteiger partial charge on any atom is -0.461 e. The number of nitrogens with zero attached hydrogens (tertiary/aromatic N) is 2. The lowest BCUT2D eigenvalue weighted by Gasteiger charge is -2.22. The number of ether oxygens (including phenoxy) is 1. The van der Waals surface area contributed by atoms with Gasteiger partial charge in [0.2, 0.25) is 11.1 Å². The fourth-order valence-corrected chi connectivity index (χ4v) is 3.86. The Hall–Kier alpha value is -2.72. The van der Waals surface area contributed by atoms with Gasteiger partial charge in [0, 0.05) is 8.95 Å². The molecule has 10 heteroatoms. The van der Waals surface area contributed by atoms with Crippen LogP contribution in [-0.2, 0) is 4.74 Å². The normalized spacial score (nSPS) is 10.7. The van der Waals surface area contributed by atoms with Gasteiger partial charge in [-0.3, -0.25) is 14.8 Å². The summed E-state index contributed by atoms with van der Waals surface area (Å²) in [5, 5.41) is 6.62. The minimum atomic E-state index is -0.821. The zero-order valence-corrected chi connectivity index (χ0v) is 17.7. The van der Waals surface area contributed by atoms with Crippen molar-refractivity contribution in [3.63, 3.8) is 0 Å². The van der Waals surface area contributed by atoms with Gasteiger partial charge < -0.3 is 10.5 Å². The molecule has 0 atom stereocenters. The van der Waals surface area contributed by atoms with E-state index in [-0.39, 0.29) is 17.7 Å². The number of rotatable bonds is 4. The molecular weight excluding hydrogens is 496 g/mol. The zero-order valence-electron chi connectivity index (χ0n) is 14.5. The maximum atomic E-state index is 12.7. The van der Waals surface area contributed by atoms with Crippen molar-refractivity contribution in [3.8, 4) is 0 Å². The Bertz CT molecular complexity index is 1150. The van der Waals surface area contributed by atoms with Crippen LogP contribution in [0.4, 0.5) is 16.2 Å². The van der Waals surface area contributed by atoms with Crippen LogP contribution in [0.2, 0.25) is 0 Å². The predicted molar refractivity (Wildman–Crippen MR) is 112 cm³/mol. The number of aromatic amines is 1. The van der Waals surface area contributed by atoms with E-state index in [1.54, 1.807) is 37.3 Å². The molecule has 0 fully saturated rings. The van der Waals surface area contributed by atoms with Crippen LogP contribution in [0.25, 0.3) is 10.9 Å². The lowest BCUT2D eigenvalue weighted by molar-refractivity contribution is 0.0517. The van der Waals surface area contributed by atoms with E-state index >= 15 is 0 Å². The van der Waals surface area contributed by atoms with E-state index in [9.17, 15) is 14.4 Å². The number of primary amides is 1. The number of anilines is 2. The van der Waals surface area contributed by atoms with E-state index < -0.39 is 17.4 Å². The zero-order chi connectivity index (χ0) is 20.4. The maximum absolute atomic E-state index is 12.7. The van der Waals surface area contributed by atoms with Gasteiger partial charge in [-0.2, -0.15) is 5.10 Å². The Morgan fingerprint density at radius 2 is 1.96 bits per heavy atom. The van der Waals surface area contributed by atoms with Crippen LogP contribution in [0.5, 0.6) is 0 Å². The van der Waals surface area contributed by atoms with Crippen molar-refractivity contribution in [2.75, 3.05) is 11.5 Å². The molecule has 0 saturated carbocycles. The quantitative estimate of drug-likeness (QED) is 0.518. The number of fused-ring (bicyclic) bond motifs is 1. The second kappa shape index (κ2) is 8.11. The van der Waals surface area contributed by atoms with Crippen molar-refractivity contribution < 1.29 is 14.3 Å². The Balaban J connectivity index is 2.18. The van der Waals surface area contributed by atoms with Gasteiger partial charge in [0.25, 0.3) is 0 Å². The van der Waals surface area contributed by atoms with E-state index in [0.717, 1.165) is 4.47 Å². The van der Waals surface area contributed by atoms with Crippen molar-refractivity contribution >= 4 is 66.1 Å². The number of hydrogen-bond acceptors (Lipinski definition) is 5. The van der Waals surface area contributed by atoms with Crippen molar-refractivity contribution in [2.24, 2.45) is 5.73 Å². The van der Waals surface area contributed by atoms with Crippen LogP contribution >= 0.6 is 31.9 Å². The number of carbonyl (C=O) groups is 2. The lowest BCUT2D eigenvalue weighted by Crippen LogP contribution is -2.32. The first-order chi connectivity index (χ1) is 13.3. The monoisotopic (exact) mass is 508 g/mol. The van der Waals surface area contributed by atoms with Crippen molar-refractivity contribution in [3.05, 3.63) is 61.3 Å². The molecule has 0 aliphatic carbocycles. The standard InChI is InChI=1S/C18H14Br2N4O4/c1-2-28-17(26)15-16(25)11-8-10(4-5-13(11)22-23-15)24(18(21)27)14-6-3-9(19)7-12(14)20/h3-8H,2H2,1H3,(H2,21,27)(H,22,25). The molecule has 2 amide bonds. The van der Waals surface area contributed by atoms with E-state index in [4.69, 9.17) is 10.5 Å². The second-order valence-electron chi connectivity index (χ2n) is 5.62. The Labute approximate surface area is 175 Å². The van der Waals surface area contributed by atoms with Gasteiger partial charge in [-0.05, 0) is 59.3 Å². The first-order valence-corrected chi connectivity index (χ1v) is 9.66. The third-order valence-electron chi connectivity index (χ3n) is 3.85. The first-order valence-electron chi connectivity index (χ1n) is 8.07. The number of nitrogens with two attached hydrogens (primary N) is 1. The number of esters is 1. The van der Waals surface area contributed by atoms with Crippen LogP contribution in [0.15, 0.2) is 50.1 Å². The average Bonchev–Trinajstić information content (AvgIpc) is 2.64. The van der Waals surface area contributed by atoms with Gasteiger partial charge in [-0.25, -0.2) is 9.59 Å². The number of amides is 2. The molecule has 1 aromatic heterocycles. The summed E-state index contributed by atoms with van der Waals surface area (Å²) in [5.41, 5.74) is 5.88. The number of nitrogens with one attached hydrogen (secondary N) is 1. The molecule has 0 unspecified atom stereocenters. The minimum absolute atomic E-state index is 0.116. The van der Waals surface area contributed by atoms with Gasteiger partial charge in [0.15, 0.2) is 0 Å². The summed E-state index contributed by atoms with van der Waals surface area (Å²) in [5.74, 6) is -0.821. The Morgan fingerprint density at radius 3 is 2.61 bits per heavy atom. The number of aromatic nitrogens is 2. The van der Waals surface area contributed by atoms with Crippen molar-refractivity contribution in [1.29, 1.82) is 0 Å². The van der Waals surface area contributed by atoms with Crippen LogP contribution in [0.1, 0.15) is 17.4 Å². The summed E-state index contributed by atoms with van der Waals surface area (Å²) in [4.78, 5) is 38.1. The summed E-state index contributed by atoms with van der Waals surface area (Å²) in [7, 11) is 0. The third-order valence-corrected chi connectivity index (χ3v) is 4.98. The van der Waals surface area contributed by atoms with Crippen LogP contribution < -0.4 is 16.1 Å². The number of H-pyrrole nitrogens is 1. The summed E-state index contributed by atoms with van der Waals surface area (Å²) in [6, 6.07) is 9.15. The molecule has 0 saturated heterocycles. The predicted octanol–water partition coefficient (Wildman–Crippen LogP) is 3.84. The average molecular weight is 510 g/mol. The number of urea groups is 1. The van der Waals surface area contributed by atoms with E-state index in [1.807, 2.05) is 0 Å². The van der Waals surface area contributed by atoms with Crippen molar-refractivity contribution in [1.82, 2.24) is 10.2 Å². The lowest BCUT2D eigenvalue weighted by atomic mass is 10.1. The number of hydrogen-bond donors (Lipinski definition) is 2. The molecule has 1 heterocycles. The second-order valence-corrected chi connectivity index (χ2v) is 7.39. The molecule has 0 bridgehead atoms. The Kier molecular flexibility index (Phi) is 5.80. The topological polar surface area (TPSA) is 118 Å². The molecule has 3 rings (SSSR count). The molecule has 0 aliphatic rings. The molecule has 3 aromatic rings. The van der Waals surface area contributed by atoms with Gasteiger partial charge in [-0.15, -0.1) is 0 Å². The maximum Gasteiger partial charge on any atom is 0.362 e. The van der Waals surface area contributed by atoms with E-state index in [0.29, 0.717) is 21.4 Å². The largest absolute Gasteiger partial charge is 0.461 e. The molecule has 28 heavy (non-hydrogen) atoms. The van der Waals surface area contributed by atoms with Crippen molar-refractivity contribution in [2.45, 2.75) is 6.92 Å². The van der Waals surface area contributed by atoms with Crippen LogP contribution in [-0.4, -0.2) is 28.8 Å². The molecule has 0 aliphatic heterocycles. The van der Waals surface area contributed by atoms with Gasteiger partial charge in [0.1, 0.15) is 0 Å². The first kappa shape index (κ1) is 20.0. The highest BCUT2D eigenvalue weighted by Gasteiger charge is 2.21. The van der Waals surface area contributed by atoms with Crippen LogP contribution in [0, 0.1) is 0 Å². The summed E-state index contributed by atoms with van der Waals surface area (Å²) < 4.78 is 6.29.